The number of likely N-dealkylation sites (tertiary alicyclic amines) is 2. The van der Waals surface area contributed by atoms with Crippen LogP contribution < -0.4 is 15.5 Å². The molecule has 14 nitrogen and oxygen atoms in total. The highest BCUT2D eigenvalue weighted by molar-refractivity contribution is 6.34. The fourth-order valence-corrected chi connectivity index (χ4v) is 8.98. The fraction of sp³-hybridized carbons (Fsp3) is 0.372. The smallest absolute Gasteiger partial charge is 0.328 e. The van der Waals surface area contributed by atoms with Gasteiger partial charge in [0, 0.05) is 99.3 Å². The Morgan fingerprint density at radius 3 is 2.57 bits per heavy atom. The van der Waals surface area contributed by atoms with E-state index >= 15 is 8.78 Å². The third kappa shape index (κ3) is 7.36. The largest absolute Gasteiger partial charge is 0.381 e. The van der Waals surface area contributed by atoms with Crippen LogP contribution in [0.1, 0.15) is 53.7 Å². The van der Waals surface area contributed by atoms with Crippen molar-refractivity contribution in [2.75, 3.05) is 56.2 Å². The first-order chi connectivity index (χ1) is 28.8. The number of halogens is 3. The summed E-state index contributed by atoms with van der Waals surface area (Å²) in [7, 11) is 1.94. The first-order valence-corrected chi connectivity index (χ1v) is 20.2. The number of carbonyl (C=O) groups is 4. The normalized spacial score (nSPS) is 20.1. The van der Waals surface area contributed by atoms with Crippen molar-refractivity contribution < 1.29 is 32.7 Å². The number of benzene rings is 1. The number of alkyl halides is 2. The number of ether oxygens (including phenoxy) is 1. The van der Waals surface area contributed by atoms with Crippen molar-refractivity contribution in [1.82, 2.24) is 34.6 Å². The van der Waals surface area contributed by atoms with Gasteiger partial charge in [0.1, 0.15) is 5.82 Å². The van der Waals surface area contributed by atoms with Crippen molar-refractivity contribution in [3.8, 4) is 22.5 Å². The van der Waals surface area contributed by atoms with Gasteiger partial charge in [0.15, 0.2) is 0 Å². The molecule has 8 heterocycles. The minimum atomic E-state index is -3.05. The van der Waals surface area contributed by atoms with Gasteiger partial charge in [-0.2, -0.15) is 0 Å². The fourth-order valence-electron chi connectivity index (χ4n) is 8.76. The first kappa shape index (κ1) is 39.6. The lowest BCUT2D eigenvalue weighted by molar-refractivity contribution is -0.215. The van der Waals surface area contributed by atoms with E-state index in [9.17, 15) is 19.2 Å². The summed E-state index contributed by atoms with van der Waals surface area (Å²) in [5.74, 6) is -3.52. The molecule has 1 spiro atoms. The molecular weight excluding hydrogens is 796 g/mol. The summed E-state index contributed by atoms with van der Waals surface area (Å²) in [6.07, 6.45) is 6.60. The second kappa shape index (κ2) is 15.3. The Bertz CT molecular complexity index is 2550. The highest BCUT2D eigenvalue weighted by Crippen LogP contribution is 2.51. The van der Waals surface area contributed by atoms with Crippen molar-refractivity contribution in [2.45, 2.75) is 44.6 Å². The monoisotopic (exact) mass is 837 g/mol. The molecule has 0 aliphatic carbocycles. The number of anilines is 2. The molecule has 4 aromatic heterocycles. The third-order valence-electron chi connectivity index (χ3n) is 12.1. The van der Waals surface area contributed by atoms with Gasteiger partial charge in [-0.15, -0.1) is 0 Å². The number of fused-ring (bicyclic) bond motifs is 1. The zero-order valence-electron chi connectivity index (χ0n) is 33.0. The number of amides is 5. The molecule has 4 fully saturated rings. The molecule has 5 amide bonds. The maximum absolute atomic E-state index is 16.0. The molecule has 5 aromatic rings. The molecule has 1 atom stereocenters. The average molecular weight is 838 g/mol. The van der Waals surface area contributed by atoms with Crippen LogP contribution in [-0.4, -0.2) is 105 Å². The number of nitrogens with one attached hydrogen (secondary N) is 2. The van der Waals surface area contributed by atoms with Crippen LogP contribution in [0.15, 0.2) is 67.1 Å². The molecule has 4 saturated heterocycles. The van der Waals surface area contributed by atoms with Crippen molar-refractivity contribution in [3.63, 3.8) is 0 Å². The number of piperidine rings is 1. The molecule has 0 saturated carbocycles. The van der Waals surface area contributed by atoms with Crippen LogP contribution in [0.5, 0.6) is 0 Å². The number of imide groups is 1. The highest BCUT2D eigenvalue weighted by Gasteiger charge is 2.63. The maximum atomic E-state index is 16.0. The number of rotatable bonds is 8. The molecule has 0 bridgehead atoms. The van der Waals surface area contributed by atoms with Gasteiger partial charge >= 0.3 is 6.03 Å². The standard InChI is InChI=1S/C43H42ClF2N9O5/c1-25(56)49-38-16-30-31(20-52(2)37(30)18-48-38)35-14-29(13-34(50-35)28-8-12-60-21-28)33-6-3-26(17-47-33)19-53-11-9-42(43(45,46)24-53)22-54(23-42)40(58)27-4-5-32(44)36(15-27)55-10-7-39(57)51-41(55)59/h3-6,13-18,20,28H,7-12,19,21-24H2,1-2H3,(H,48,49,56)(H,51,57,59). The summed E-state index contributed by atoms with van der Waals surface area (Å²) >= 11 is 6.35. The number of urea groups is 1. The topological polar surface area (TPSA) is 155 Å². The third-order valence-corrected chi connectivity index (χ3v) is 12.4. The van der Waals surface area contributed by atoms with Gasteiger partial charge < -0.3 is 19.5 Å². The van der Waals surface area contributed by atoms with Gasteiger partial charge in [-0.05, 0) is 67.4 Å². The van der Waals surface area contributed by atoms with Gasteiger partial charge in [-0.3, -0.25) is 39.5 Å². The molecule has 0 radical (unpaired) electrons. The molecule has 4 aliphatic rings. The second-order valence-electron chi connectivity index (χ2n) is 16.2. The lowest BCUT2D eigenvalue weighted by Gasteiger charge is -2.57. The number of hydrogen-bond donors (Lipinski definition) is 2. The minimum absolute atomic E-state index is 0.0869. The Morgan fingerprint density at radius 1 is 1.02 bits per heavy atom. The van der Waals surface area contributed by atoms with Crippen molar-refractivity contribution in [2.24, 2.45) is 12.5 Å². The van der Waals surface area contributed by atoms with E-state index < -0.39 is 35.7 Å². The molecular formula is C43H42ClF2N9O5. The summed E-state index contributed by atoms with van der Waals surface area (Å²) in [5, 5.41) is 6.12. The SMILES string of the molecule is CC(=O)Nc1cc2c(-c3cc(-c4ccc(CN5CCC6(CN(C(=O)c7ccc(Cl)c(N8CCC(=O)NC8=O)c7)C6)C(F)(F)C5)cn4)cc(C4CCOC4)n3)cn(C)c2cn1. The van der Waals surface area contributed by atoms with Crippen molar-refractivity contribution in [1.29, 1.82) is 0 Å². The van der Waals surface area contributed by atoms with E-state index in [4.69, 9.17) is 26.3 Å². The number of aryl methyl sites for hydroxylation is 1. The van der Waals surface area contributed by atoms with E-state index in [2.05, 4.69) is 15.6 Å². The Hall–Kier alpha value is -5.84. The van der Waals surface area contributed by atoms with E-state index in [1.807, 2.05) is 48.1 Å². The van der Waals surface area contributed by atoms with Crippen LogP contribution >= 0.6 is 11.6 Å². The van der Waals surface area contributed by atoms with Crippen LogP contribution in [-0.2, 0) is 27.9 Å². The van der Waals surface area contributed by atoms with E-state index in [1.54, 1.807) is 17.3 Å². The van der Waals surface area contributed by atoms with Gasteiger partial charge in [-0.25, -0.2) is 18.6 Å². The van der Waals surface area contributed by atoms with E-state index in [0.29, 0.717) is 31.3 Å². The average Bonchev–Trinajstić information content (AvgIpc) is 3.86. The second-order valence-corrected chi connectivity index (χ2v) is 16.6. The first-order valence-electron chi connectivity index (χ1n) is 19.8. The predicted octanol–water partition coefficient (Wildman–Crippen LogP) is 6.24. The molecule has 17 heteroatoms. The summed E-state index contributed by atoms with van der Waals surface area (Å²) in [4.78, 5) is 68.1. The van der Waals surface area contributed by atoms with Crippen LogP contribution in [0, 0.1) is 5.41 Å². The number of hydrogen-bond acceptors (Lipinski definition) is 9. The quantitative estimate of drug-likeness (QED) is 0.185. The summed E-state index contributed by atoms with van der Waals surface area (Å²) in [6.45, 7) is 2.86. The Balaban J connectivity index is 0.883. The Labute approximate surface area is 348 Å². The predicted molar refractivity (Wildman–Crippen MR) is 220 cm³/mol. The van der Waals surface area contributed by atoms with Crippen LogP contribution in [0.3, 0.4) is 0 Å². The van der Waals surface area contributed by atoms with Gasteiger partial charge in [0.25, 0.3) is 11.8 Å². The molecule has 2 N–H and O–H groups in total. The van der Waals surface area contributed by atoms with Gasteiger partial charge in [0.2, 0.25) is 11.8 Å². The Morgan fingerprint density at radius 2 is 1.85 bits per heavy atom. The van der Waals surface area contributed by atoms with Gasteiger partial charge in [0.05, 0.1) is 52.4 Å². The van der Waals surface area contributed by atoms with Crippen LogP contribution in [0.2, 0.25) is 5.02 Å². The summed E-state index contributed by atoms with van der Waals surface area (Å²) in [6, 6.07) is 13.5. The number of pyridine rings is 3. The molecule has 9 rings (SSSR count). The molecule has 4 aliphatic heterocycles. The zero-order chi connectivity index (χ0) is 41.9. The maximum Gasteiger partial charge on any atom is 0.328 e. The molecule has 1 aromatic carbocycles. The minimum Gasteiger partial charge on any atom is -0.381 e. The zero-order valence-corrected chi connectivity index (χ0v) is 33.8. The van der Waals surface area contributed by atoms with E-state index in [-0.39, 0.29) is 67.1 Å². The molecule has 60 heavy (non-hydrogen) atoms. The summed E-state index contributed by atoms with van der Waals surface area (Å²) in [5.41, 5.74) is 4.94. The Kier molecular flexibility index (Phi) is 10.1. The highest BCUT2D eigenvalue weighted by atomic mass is 35.5. The van der Waals surface area contributed by atoms with E-state index in [0.717, 1.165) is 45.4 Å². The lowest BCUT2D eigenvalue weighted by atomic mass is 9.69. The summed E-state index contributed by atoms with van der Waals surface area (Å²) < 4.78 is 39.7. The van der Waals surface area contributed by atoms with Crippen LogP contribution in [0.25, 0.3) is 33.4 Å². The number of aromatic nitrogens is 4. The van der Waals surface area contributed by atoms with Crippen LogP contribution in [0.4, 0.5) is 25.1 Å². The molecule has 1 unspecified atom stereocenters. The molecule has 310 valence electrons. The number of nitrogens with zero attached hydrogens (tertiary/aromatic N) is 7. The van der Waals surface area contributed by atoms with E-state index in [1.165, 1.54) is 34.9 Å². The lowest BCUT2D eigenvalue weighted by Crippen LogP contribution is -2.70. The van der Waals surface area contributed by atoms with Crippen molar-refractivity contribution >= 4 is 57.8 Å². The van der Waals surface area contributed by atoms with Gasteiger partial charge in [-0.1, -0.05) is 17.7 Å². The number of carbonyl (C=O) groups excluding carboxylic acids is 4. The van der Waals surface area contributed by atoms with Crippen molar-refractivity contribution in [3.05, 3.63) is 89.0 Å².